The highest BCUT2D eigenvalue weighted by atomic mass is 16.2. The third-order valence-electron chi connectivity index (χ3n) is 3.04. The zero-order valence-corrected chi connectivity index (χ0v) is 10.1. The van der Waals surface area contributed by atoms with Crippen LogP contribution in [0.4, 0.5) is 11.8 Å². The molecule has 0 bridgehead atoms. The summed E-state index contributed by atoms with van der Waals surface area (Å²) in [6.45, 7) is 2.75. The summed E-state index contributed by atoms with van der Waals surface area (Å²) in [6.07, 6.45) is 3.53. The summed E-state index contributed by atoms with van der Waals surface area (Å²) >= 11 is 0. The number of nitrogens with zero attached hydrogens (tertiary/aromatic N) is 3. The van der Waals surface area contributed by atoms with E-state index in [0.29, 0.717) is 0 Å². The minimum absolute atomic E-state index is 0.0269. The van der Waals surface area contributed by atoms with Crippen molar-refractivity contribution in [3.8, 4) is 0 Å². The second-order valence-corrected chi connectivity index (χ2v) is 4.20. The molecule has 3 N–H and O–H groups in total. The molecule has 1 amide bonds. The van der Waals surface area contributed by atoms with Crippen molar-refractivity contribution >= 4 is 17.7 Å². The molecule has 6 nitrogen and oxygen atoms in total. The summed E-state index contributed by atoms with van der Waals surface area (Å²) in [7, 11) is 1.65. The Balaban J connectivity index is 2.32. The molecule has 0 radical (unpaired) electrons. The fourth-order valence-corrected chi connectivity index (χ4v) is 2.20. The van der Waals surface area contributed by atoms with Crippen molar-refractivity contribution in [3.05, 3.63) is 11.8 Å². The van der Waals surface area contributed by atoms with E-state index in [4.69, 9.17) is 5.73 Å². The molecule has 17 heavy (non-hydrogen) atoms. The summed E-state index contributed by atoms with van der Waals surface area (Å²) < 4.78 is 0. The number of carbonyl (C=O) groups is 1. The van der Waals surface area contributed by atoms with Crippen molar-refractivity contribution in [1.29, 1.82) is 0 Å². The zero-order chi connectivity index (χ0) is 12.4. The van der Waals surface area contributed by atoms with Gasteiger partial charge in [-0.1, -0.05) is 0 Å². The Morgan fingerprint density at radius 2 is 2.41 bits per heavy atom. The standard InChI is InChI=1S/C11H17N5O/c1-7-6-14-11(12)15-9(7)16-5-3-4-8(16)10(17)13-2/h6,8H,3-5H2,1-2H3,(H,13,17)(H2,12,14,15). The highest BCUT2D eigenvalue weighted by Gasteiger charge is 2.31. The molecule has 2 rings (SSSR count). The van der Waals surface area contributed by atoms with Crippen molar-refractivity contribution in [3.63, 3.8) is 0 Å². The highest BCUT2D eigenvalue weighted by molar-refractivity contribution is 5.85. The molecule has 1 unspecified atom stereocenters. The molecule has 0 spiro atoms. The van der Waals surface area contributed by atoms with Gasteiger partial charge in [0.05, 0.1) is 0 Å². The minimum atomic E-state index is -0.145. The third kappa shape index (κ3) is 2.15. The summed E-state index contributed by atoms with van der Waals surface area (Å²) in [4.78, 5) is 21.9. The van der Waals surface area contributed by atoms with Gasteiger partial charge in [0.15, 0.2) is 0 Å². The van der Waals surface area contributed by atoms with Gasteiger partial charge in [0.1, 0.15) is 11.9 Å². The van der Waals surface area contributed by atoms with Crippen LogP contribution in [-0.2, 0) is 4.79 Å². The summed E-state index contributed by atoms with van der Waals surface area (Å²) in [5, 5.41) is 2.69. The van der Waals surface area contributed by atoms with Gasteiger partial charge in [-0.05, 0) is 19.8 Å². The van der Waals surface area contributed by atoms with Crippen molar-refractivity contribution in [2.24, 2.45) is 0 Å². The molecule has 0 aliphatic carbocycles. The lowest BCUT2D eigenvalue weighted by Crippen LogP contribution is -2.42. The Kier molecular flexibility index (Phi) is 3.12. The molecule has 0 saturated carbocycles. The van der Waals surface area contributed by atoms with Gasteiger partial charge in [-0.25, -0.2) is 4.98 Å². The van der Waals surface area contributed by atoms with Crippen molar-refractivity contribution < 1.29 is 4.79 Å². The number of rotatable bonds is 2. The second kappa shape index (κ2) is 4.57. The van der Waals surface area contributed by atoms with E-state index in [1.54, 1.807) is 13.2 Å². The lowest BCUT2D eigenvalue weighted by atomic mass is 10.2. The first-order chi connectivity index (χ1) is 8.13. The van der Waals surface area contributed by atoms with Crippen molar-refractivity contribution in [2.45, 2.75) is 25.8 Å². The van der Waals surface area contributed by atoms with Gasteiger partial charge in [-0.15, -0.1) is 0 Å². The molecular weight excluding hydrogens is 218 g/mol. The molecule has 1 aliphatic rings. The predicted molar refractivity (Wildman–Crippen MR) is 65.6 cm³/mol. The average molecular weight is 235 g/mol. The molecule has 6 heteroatoms. The number of anilines is 2. The van der Waals surface area contributed by atoms with E-state index in [-0.39, 0.29) is 17.9 Å². The maximum atomic E-state index is 11.8. The molecule has 2 heterocycles. The van der Waals surface area contributed by atoms with Crippen LogP contribution < -0.4 is 16.0 Å². The van der Waals surface area contributed by atoms with E-state index in [1.165, 1.54) is 0 Å². The zero-order valence-electron chi connectivity index (χ0n) is 10.1. The maximum absolute atomic E-state index is 11.8. The average Bonchev–Trinajstić information content (AvgIpc) is 2.80. The Hall–Kier alpha value is -1.85. The van der Waals surface area contributed by atoms with E-state index in [9.17, 15) is 4.79 Å². The molecule has 92 valence electrons. The fraction of sp³-hybridized carbons (Fsp3) is 0.545. The maximum Gasteiger partial charge on any atom is 0.242 e. The number of aromatic nitrogens is 2. The molecule has 1 aliphatic heterocycles. The molecule has 1 aromatic heterocycles. The number of likely N-dealkylation sites (N-methyl/N-ethyl adjacent to an activating group) is 1. The first-order valence-electron chi connectivity index (χ1n) is 5.71. The fourth-order valence-electron chi connectivity index (χ4n) is 2.20. The van der Waals surface area contributed by atoms with Crippen LogP contribution in [-0.4, -0.2) is 35.5 Å². The highest BCUT2D eigenvalue weighted by Crippen LogP contribution is 2.26. The van der Waals surface area contributed by atoms with Crippen LogP contribution in [0.25, 0.3) is 0 Å². The van der Waals surface area contributed by atoms with Crippen LogP contribution in [0, 0.1) is 6.92 Å². The number of hydrogen-bond acceptors (Lipinski definition) is 5. The summed E-state index contributed by atoms with van der Waals surface area (Å²) in [5.74, 6) is 1.04. The van der Waals surface area contributed by atoms with Crippen LogP contribution >= 0.6 is 0 Å². The van der Waals surface area contributed by atoms with Gasteiger partial charge in [0, 0.05) is 25.4 Å². The SMILES string of the molecule is CNC(=O)C1CCCN1c1nc(N)ncc1C. The first-order valence-corrected chi connectivity index (χ1v) is 5.71. The largest absolute Gasteiger partial charge is 0.368 e. The van der Waals surface area contributed by atoms with Crippen LogP contribution in [0.5, 0.6) is 0 Å². The van der Waals surface area contributed by atoms with Gasteiger partial charge in [-0.3, -0.25) is 4.79 Å². The monoisotopic (exact) mass is 235 g/mol. The predicted octanol–water partition coefficient (Wildman–Crippen LogP) is 0.0820. The minimum Gasteiger partial charge on any atom is -0.368 e. The van der Waals surface area contributed by atoms with Gasteiger partial charge in [0.25, 0.3) is 0 Å². The number of carbonyl (C=O) groups excluding carboxylic acids is 1. The van der Waals surface area contributed by atoms with Crippen molar-refractivity contribution in [1.82, 2.24) is 15.3 Å². The molecule has 1 atom stereocenters. The lowest BCUT2D eigenvalue weighted by molar-refractivity contribution is -0.121. The molecule has 0 aromatic carbocycles. The number of aryl methyl sites for hydroxylation is 1. The van der Waals surface area contributed by atoms with Gasteiger partial charge < -0.3 is 16.0 Å². The van der Waals surface area contributed by atoms with Gasteiger partial charge in [0.2, 0.25) is 11.9 Å². The Labute approximate surface area is 100 Å². The number of nitrogen functional groups attached to an aromatic ring is 1. The molecule has 1 saturated heterocycles. The third-order valence-corrected chi connectivity index (χ3v) is 3.04. The Morgan fingerprint density at radius 3 is 3.12 bits per heavy atom. The number of nitrogens with two attached hydrogens (primary N) is 1. The normalized spacial score (nSPS) is 19.4. The van der Waals surface area contributed by atoms with E-state index in [1.807, 2.05) is 11.8 Å². The van der Waals surface area contributed by atoms with Gasteiger partial charge in [-0.2, -0.15) is 4.98 Å². The smallest absolute Gasteiger partial charge is 0.242 e. The van der Waals surface area contributed by atoms with E-state index in [2.05, 4.69) is 15.3 Å². The quantitative estimate of drug-likeness (QED) is 0.758. The van der Waals surface area contributed by atoms with E-state index < -0.39 is 0 Å². The summed E-state index contributed by atoms with van der Waals surface area (Å²) in [5.41, 5.74) is 6.54. The van der Waals surface area contributed by atoms with Gasteiger partial charge >= 0.3 is 0 Å². The lowest BCUT2D eigenvalue weighted by Gasteiger charge is -2.25. The van der Waals surface area contributed by atoms with Crippen LogP contribution in [0.15, 0.2) is 6.20 Å². The Morgan fingerprint density at radius 1 is 1.65 bits per heavy atom. The first kappa shape index (κ1) is 11.6. The topological polar surface area (TPSA) is 84.1 Å². The van der Waals surface area contributed by atoms with Crippen molar-refractivity contribution in [2.75, 3.05) is 24.2 Å². The Bertz CT molecular complexity index is 434. The number of hydrogen-bond donors (Lipinski definition) is 2. The number of amides is 1. The van der Waals surface area contributed by atoms with Crippen LogP contribution in [0.3, 0.4) is 0 Å². The molecule has 1 fully saturated rings. The van der Waals surface area contributed by atoms with Crippen LogP contribution in [0.2, 0.25) is 0 Å². The van der Waals surface area contributed by atoms with E-state index >= 15 is 0 Å². The summed E-state index contributed by atoms with van der Waals surface area (Å²) in [6, 6.07) is -0.145. The van der Waals surface area contributed by atoms with Crippen LogP contribution in [0.1, 0.15) is 18.4 Å². The molecular formula is C11H17N5O. The van der Waals surface area contributed by atoms with E-state index in [0.717, 1.165) is 30.8 Å². The second-order valence-electron chi connectivity index (χ2n) is 4.20. The molecule has 1 aromatic rings. The number of nitrogens with one attached hydrogen (secondary N) is 1.